The van der Waals surface area contributed by atoms with Crippen LogP contribution in [0, 0.1) is 0 Å². The van der Waals surface area contributed by atoms with Gasteiger partial charge in [-0.1, -0.05) is 15.9 Å². The third kappa shape index (κ3) is 2.79. The maximum absolute atomic E-state index is 10.9. The van der Waals surface area contributed by atoms with Crippen LogP contribution >= 0.6 is 15.9 Å². The first-order chi connectivity index (χ1) is 5.22. The largest absolute Gasteiger partial charge is 0.393 e. The molecule has 2 N–H and O–H groups in total. The Labute approximate surface area is 74.3 Å². The van der Waals surface area contributed by atoms with Crippen LogP contribution in [-0.4, -0.2) is 28.5 Å². The lowest BCUT2D eigenvalue weighted by Gasteiger charge is -2.31. The highest BCUT2D eigenvalue weighted by molar-refractivity contribution is 9.09. The van der Waals surface area contributed by atoms with E-state index in [9.17, 15) is 4.79 Å². The summed E-state index contributed by atoms with van der Waals surface area (Å²) in [5, 5.41) is 12.4. The average molecular weight is 222 g/mol. The van der Waals surface area contributed by atoms with Crippen molar-refractivity contribution in [2.24, 2.45) is 0 Å². The lowest BCUT2D eigenvalue weighted by atomic mass is 9.89. The maximum atomic E-state index is 10.9. The summed E-state index contributed by atoms with van der Waals surface area (Å²) >= 11 is 3.18. The van der Waals surface area contributed by atoms with Crippen molar-refractivity contribution in [1.29, 1.82) is 0 Å². The van der Waals surface area contributed by atoms with Gasteiger partial charge in [-0.15, -0.1) is 0 Å². The molecule has 0 aromatic heterocycles. The first kappa shape index (κ1) is 9.00. The van der Waals surface area contributed by atoms with E-state index in [0.29, 0.717) is 24.6 Å². The molecule has 1 amide bonds. The van der Waals surface area contributed by atoms with E-state index in [2.05, 4.69) is 21.2 Å². The minimum atomic E-state index is -0.190. The van der Waals surface area contributed by atoms with Crippen LogP contribution < -0.4 is 5.32 Å². The van der Waals surface area contributed by atoms with Crippen molar-refractivity contribution < 1.29 is 9.90 Å². The predicted molar refractivity (Wildman–Crippen MR) is 45.6 cm³/mol. The maximum Gasteiger partial charge on any atom is 0.221 e. The molecule has 0 saturated heterocycles. The van der Waals surface area contributed by atoms with E-state index in [4.69, 9.17) is 5.11 Å². The fraction of sp³-hybridized carbons (Fsp3) is 0.857. The van der Waals surface area contributed by atoms with Crippen LogP contribution in [0.1, 0.15) is 19.3 Å². The molecule has 1 fully saturated rings. The molecule has 1 aliphatic rings. The lowest BCUT2D eigenvalue weighted by Crippen LogP contribution is -2.46. The van der Waals surface area contributed by atoms with Crippen molar-refractivity contribution in [3.63, 3.8) is 0 Å². The molecular formula is C7H12BrNO2. The van der Waals surface area contributed by atoms with Gasteiger partial charge in [0.1, 0.15) is 0 Å². The molecule has 64 valence electrons. The molecule has 0 aliphatic heterocycles. The van der Waals surface area contributed by atoms with Crippen LogP contribution in [0.4, 0.5) is 0 Å². The number of hydrogen-bond donors (Lipinski definition) is 2. The molecule has 0 unspecified atom stereocenters. The number of carbonyl (C=O) groups is 1. The van der Waals surface area contributed by atoms with Crippen molar-refractivity contribution in [1.82, 2.24) is 5.32 Å². The molecule has 0 bridgehead atoms. The monoisotopic (exact) mass is 221 g/mol. The Bertz CT molecular complexity index is 145. The third-order valence-corrected chi connectivity index (χ3v) is 2.20. The van der Waals surface area contributed by atoms with E-state index >= 15 is 0 Å². The molecule has 11 heavy (non-hydrogen) atoms. The molecule has 0 heterocycles. The summed E-state index contributed by atoms with van der Waals surface area (Å²) in [5.74, 6) is 0.0683. The zero-order valence-corrected chi connectivity index (χ0v) is 7.80. The third-order valence-electron chi connectivity index (χ3n) is 1.80. The highest BCUT2D eigenvalue weighted by atomic mass is 79.9. The van der Waals surface area contributed by atoms with Crippen LogP contribution in [0.15, 0.2) is 0 Å². The first-order valence-electron chi connectivity index (χ1n) is 3.75. The SMILES string of the molecule is O=C(CCBr)NC1CC(O)C1. The molecule has 0 aromatic rings. The van der Waals surface area contributed by atoms with Gasteiger partial charge in [-0.05, 0) is 12.8 Å². The number of alkyl halides is 1. The zero-order valence-electron chi connectivity index (χ0n) is 6.22. The number of halogens is 1. The van der Waals surface area contributed by atoms with Gasteiger partial charge >= 0.3 is 0 Å². The number of rotatable bonds is 3. The number of aliphatic hydroxyl groups is 1. The van der Waals surface area contributed by atoms with E-state index < -0.39 is 0 Å². The Morgan fingerprint density at radius 1 is 1.64 bits per heavy atom. The molecule has 0 aromatic carbocycles. The van der Waals surface area contributed by atoms with Gasteiger partial charge in [0.25, 0.3) is 0 Å². The highest BCUT2D eigenvalue weighted by Crippen LogP contribution is 2.19. The van der Waals surface area contributed by atoms with E-state index in [0.717, 1.165) is 0 Å². The molecule has 1 rings (SSSR count). The van der Waals surface area contributed by atoms with Gasteiger partial charge in [0.2, 0.25) is 5.91 Å². The lowest BCUT2D eigenvalue weighted by molar-refractivity contribution is -0.122. The van der Waals surface area contributed by atoms with E-state index in [1.807, 2.05) is 0 Å². The Hall–Kier alpha value is -0.0900. The van der Waals surface area contributed by atoms with Crippen LogP contribution in [0.25, 0.3) is 0 Å². The summed E-state index contributed by atoms with van der Waals surface area (Å²) in [7, 11) is 0. The molecule has 4 heteroatoms. The molecular weight excluding hydrogens is 210 g/mol. The van der Waals surface area contributed by atoms with Gasteiger partial charge < -0.3 is 10.4 Å². The zero-order chi connectivity index (χ0) is 8.27. The van der Waals surface area contributed by atoms with E-state index in [1.54, 1.807) is 0 Å². The minimum absolute atomic E-state index is 0.0683. The van der Waals surface area contributed by atoms with Gasteiger partial charge in [-0.2, -0.15) is 0 Å². The van der Waals surface area contributed by atoms with Crippen molar-refractivity contribution in [2.75, 3.05) is 5.33 Å². The van der Waals surface area contributed by atoms with Gasteiger partial charge in [-0.3, -0.25) is 4.79 Å². The Morgan fingerprint density at radius 2 is 2.27 bits per heavy atom. The molecule has 0 spiro atoms. The molecule has 3 nitrogen and oxygen atoms in total. The summed E-state index contributed by atoms with van der Waals surface area (Å²) in [5.41, 5.74) is 0. The van der Waals surface area contributed by atoms with Gasteiger partial charge in [0, 0.05) is 17.8 Å². The fourth-order valence-electron chi connectivity index (χ4n) is 1.09. The van der Waals surface area contributed by atoms with Gasteiger partial charge in [0.15, 0.2) is 0 Å². The summed E-state index contributed by atoms with van der Waals surface area (Å²) in [6.07, 6.45) is 1.76. The number of hydrogen-bond acceptors (Lipinski definition) is 2. The van der Waals surface area contributed by atoms with E-state index in [1.165, 1.54) is 0 Å². The summed E-state index contributed by atoms with van der Waals surface area (Å²) in [4.78, 5) is 10.9. The quantitative estimate of drug-likeness (QED) is 0.679. The van der Waals surface area contributed by atoms with Crippen molar-refractivity contribution in [2.45, 2.75) is 31.4 Å². The van der Waals surface area contributed by atoms with Crippen LogP contribution in [-0.2, 0) is 4.79 Å². The van der Waals surface area contributed by atoms with Gasteiger partial charge in [0.05, 0.1) is 6.10 Å². The second kappa shape index (κ2) is 4.07. The van der Waals surface area contributed by atoms with Crippen LogP contribution in [0.3, 0.4) is 0 Å². The highest BCUT2D eigenvalue weighted by Gasteiger charge is 2.27. The van der Waals surface area contributed by atoms with Crippen molar-refractivity contribution in [3.05, 3.63) is 0 Å². The number of carbonyl (C=O) groups excluding carboxylic acids is 1. The normalized spacial score (nSPS) is 29.3. The second-order valence-electron chi connectivity index (χ2n) is 2.83. The Morgan fingerprint density at radius 3 is 2.73 bits per heavy atom. The van der Waals surface area contributed by atoms with Gasteiger partial charge in [-0.25, -0.2) is 0 Å². The molecule has 1 aliphatic carbocycles. The van der Waals surface area contributed by atoms with Crippen LogP contribution in [0.5, 0.6) is 0 Å². The molecule has 1 saturated carbocycles. The smallest absolute Gasteiger partial charge is 0.221 e. The Balaban J connectivity index is 2.07. The number of nitrogens with one attached hydrogen (secondary N) is 1. The predicted octanol–water partition coefficient (Wildman–Crippen LogP) is 0.411. The van der Waals surface area contributed by atoms with Crippen molar-refractivity contribution in [3.8, 4) is 0 Å². The minimum Gasteiger partial charge on any atom is -0.393 e. The van der Waals surface area contributed by atoms with Crippen LogP contribution in [0.2, 0.25) is 0 Å². The second-order valence-corrected chi connectivity index (χ2v) is 3.62. The average Bonchev–Trinajstić information content (AvgIpc) is 1.85. The summed E-state index contributed by atoms with van der Waals surface area (Å²) in [6.45, 7) is 0. The number of aliphatic hydroxyl groups excluding tert-OH is 1. The molecule has 0 radical (unpaired) electrons. The standard InChI is InChI=1S/C7H12BrNO2/c8-2-1-7(11)9-5-3-6(10)4-5/h5-6,10H,1-4H2,(H,9,11). The number of amides is 1. The molecule has 0 atom stereocenters. The first-order valence-corrected chi connectivity index (χ1v) is 4.88. The Kier molecular flexibility index (Phi) is 3.33. The van der Waals surface area contributed by atoms with E-state index in [-0.39, 0.29) is 18.1 Å². The fourth-order valence-corrected chi connectivity index (χ4v) is 1.45. The summed E-state index contributed by atoms with van der Waals surface area (Å²) < 4.78 is 0. The topological polar surface area (TPSA) is 49.3 Å². The summed E-state index contributed by atoms with van der Waals surface area (Å²) in [6, 6.07) is 0.219. The van der Waals surface area contributed by atoms with Crippen molar-refractivity contribution >= 4 is 21.8 Å².